The van der Waals surface area contributed by atoms with Crippen molar-refractivity contribution < 1.29 is 0 Å². The molecule has 4 heterocycles. The number of hydrogen-bond donors (Lipinski definition) is 0. The maximum atomic E-state index is 9.66. The molecule has 0 N–H and O–H groups in total. The van der Waals surface area contributed by atoms with Crippen LogP contribution in [0.3, 0.4) is 0 Å². The lowest BCUT2D eigenvalue weighted by atomic mass is 9.89. The van der Waals surface area contributed by atoms with Crippen LogP contribution in [0.25, 0.3) is 11.2 Å². The Kier molecular flexibility index (Phi) is 6.89. The van der Waals surface area contributed by atoms with Gasteiger partial charge in [0.25, 0.3) is 0 Å². The molecule has 2 aromatic heterocycles. The lowest BCUT2D eigenvalue weighted by Gasteiger charge is -2.45. The van der Waals surface area contributed by atoms with Gasteiger partial charge >= 0.3 is 0 Å². The van der Waals surface area contributed by atoms with Crippen LogP contribution in [0, 0.1) is 23.2 Å². The molecule has 0 bridgehead atoms. The van der Waals surface area contributed by atoms with Crippen molar-refractivity contribution in [3.63, 3.8) is 0 Å². The number of nitriles is 1. The number of rotatable bonds is 4. The second-order valence-corrected chi connectivity index (χ2v) is 11.0. The predicted octanol–water partition coefficient (Wildman–Crippen LogP) is 5.56. The van der Waals surface area contributed by atoms with E-state index >= 15 is 0 Å². The Morgan fingerprint density at radius 1 is 1.14 bits per heavy atom. The summed E-state index contributed by atoms with van der Waals surface area (Å²) in [7, 11) is 0. The van der Waals surface area contributed by atoms with E-state index in [1.54, 1.807) is 16.9 Å². The fourth-order valence-electron chi connectivity index (χ4n) is 5.78. The fraction of sp³-hybridized carbons (Fsp3) is 0.538. The molecule has 0 saturated carbocycles. The molecule has 3 aromatic rings. The molecule has 0 radical (unpaired) electrons. The number of nitrogens with zero attached hydrogens (tertiary/aromatic N) is 7. The van der Waals surface area contributed by atoms with Crippen molar-refractivity contribution in [3.05, 3.63) is 45.7 Å². The number of benzene rings is 1. The van der Waals surface area contributed by atoms with Gasteiger partial charge in [-0.3, -0.25) is 4.90 Å². The highest BCUT2D eigenvalue weighted by Gasteiger charge is 2.33. The second kappa shape index (κ2) is 9.93. The quantitative estimate of drug-likeness (QED) is 0.456. The summed E-state index contributed by atoms with van der Waals surface area (Å²) in [4.78, 5) is 14.6. The van der Waals surface area contributed by atoms with Gasteiger partial charge in [-0.25, -0.2) is 14.6 Å². The predicted molar refractivity (Wildman–Crippen MR) is 140 cm³/mol. The van der Waals surface area contributed by atoms with Crippen LogP contribution in [-0.4, -0.2) is 56.9 Å². The Morgan fingerprint density at radius 2 is 1.97 bits per heavy atom. The largest absolute Gasteiger partial charge is 0.355 e. The summed E-state index contributed by atoms with van der Waals surface area (Å²) in [5, 5.41) is 15.3. The van der Waals surface area contributed by atoms with Crippen LogP contribution in [0.15, 0.2) is 24.4 Å². The van der Waals surface area contributed by atoms with E-state index in [2.05, 4.69) is 39.8 Å². The molecule has 4 atom stereocenters. The van der Waals surface area contributed by atoms with Crippen molar-refractivity contribution in [1.82, 2.24) is 24.6 Å². The van der Waals surface area contributed by atoms with Crippen molar-refractivity contribution in [2.24, 2.45) is 11.8 Å². The fourth-order valence-corrected chi connectivity index (χ4v) is 6.35. The molecule has 0 amide bonds. The Morgan fingerprint density at radius 3 is 2.69 bits per heavy atom. The third kappa shape index (κ3) is 4.72. The Bertz CT molecular complexity index is 1270. The highest BCUT2D eigenvalue weighted by Crippen LogP contribution is 2.32. The molecule has 2 saturated heterocycles. The molecule has 2 fully saturated rings. The van der Waals surface area contributed by atoms with Gasteiger partial charge in [0.2, 0.25) is 0 Å². The summed E-state index contributed by atoms with van der Waals surface area (Å²) < 4.78 is 1.75. The zero-order valence-electron chi connectivity index (χ0n) is 20.5. The lowest BCUT2D eigenvalue weighted by molar-refractivity contribution is 0.0834. The molecule has 184 valence electrons. The van der Waals surface area contributed by atoms with Crippen LogP contribution in [-0.2, 0) is 0 Å². The topological polar surface area (TPSA) is 73.9 Å². The van der Waals surface area contributed by atoms with Crippen LogP contribution in [0.2, 0.25) is 10.0 Å². The summed E-state index contributed by atoms with van der Waals surface area (Å²) in [6.45, 7) is 11.0. The van der Waals surface area contributed by atoms with Gasteiger partial charge in [0.15, 0.2) is 11.3 Å². The second-order valence-electron chi connectivity index (χ2n) is 10.2. The minimum absolute atomic E-state index is 0.236. The van der Waals surface area contributed by atoms with E-state index in [1.807, 2.05) is 19.1 Å². The lowest BCUT2D eigenvalue weighted by Crippen LogP contribution is -2.52. The van der Waals surface area contributed by atoms with E-state index in [0.29, 0.717) is 33.2 Å². The van der Waals surface area contributed by atoms with Crippen LogP contribution in [0.5, 0.6) is 0 Å². The summed E-state index contributed by atoms with van der Waals surface area (Å²) >= 11 is 12.6. The van der Waals surface area contributed by atoms with Gasteiger partial charge in [-0.2, -0.15) is 10.4 Å². The van der Waals surface area contributed by atoms with Gasteiger partial charge in [0.1, 0.15) is 17.4 Å². The number of aromatic nitrogens is 4. The van der Waals surface area contributed by atoms with Gasteiger partial charge in [-0.15, -0.1) is 0 Å². The Hall–Kier alpha value is -2.40. The Labute approximate surface area is 216 Å². The summed E-state index contributed by atoms with van der Waals surface area (Å²) in [6.07, 6.45) is 5.55. The Balaban J connectivity index is 1.43. The average molecular weight is 512 g/mol. The van der Waals surface area contributed by atoms with Crippen LogP contribution in [0.1, 0.15) is 57.3 Å². The molecular formula is C26H31Cl2N7. The van der Waals surface area contributed by atoms with Crippen LogP contribution >= 0.6 is 23.2 Å². The van der Waals surface area contributed by atoms with Crippen LogP contribution < -0.4 is 4.90 Å². The molecule has 7 nitrogen and oxygen atoms in total. The molecule has 35 heavy (non-hydrogen) atoms. The third-order valence-electron chi connectivity index (χ3n) is 7.62. The molecule has 0 spiro atoms. The van der Waals surface area contributed by atoms with Crippen molar-refractivity contribution in [3.8, 4) is 6.07 Å². The number of likely N-dealkylation sites (tertiary alicyclic amines) is 1. The highest BCUT2D eigenvalue weighted by molar-refractivity contribution is 6.35. The first-order chi connectivity index (χ1) is 16.9. The number of anilines is 1. The maximum absolute atomic E-state index is 9.66. The molecule has 1 aromatic carbocycles. The monoisotopic (exact) mass is 511 g/mol. The first kappa shape index (κ1) is 24.3. The summed E-state index contributed by atoms with van der Waals surface area (Å²) in [5.74, 6) is 2.15. The maximum Gasteiger partial charge on any atom is 0.190 e. The first-order valence-corrected chi connectivity index (χ1v) is 13.2. The highest BCUT2D eigenvalue weighted by atomic mass is 35.5. The van der Waals surface area contributed by atoms with E-state index in [-0.39, 0.29) is 11.7 Å². The summed E-state index contributed by atoms with van der Waals surface area (Å²) in [6, 6.07) is 7.96. The number of hydrogen-bond acceptors (Lipinski definition) is 6. The van der Waals surface area contributed by atoms with Gasteiger partial charge < -0.3 is 4.90 Å². The van der Waals surface area contributed by atoms with Crippen LogP contribution in [0.4, 0.5) is 5.82 Å². The van der Waals surface area contributed by atoms with Crippen molar-refractivity contribution >= 4 is 40.2 Å². The zero-order chi connectivity index (χ0) is 24.7. The zero-order valence-corrected chi connectivity index (χ0v) is 22.0. The van der Waals surface area contributed by atoms with E-state index in [0.717, 1.165) is 36.8 Å². The van der Waals surface area contributed by atoms with Gasteiger partial charge in [0, 0.05) is 35.7 Å². The molecule has 2 aliphatic heterocycles. The first-order valence-electron chi connectivity index (χ1n) is 12.4. The van der Waals surface area contributed by atoms with Crippen molar-refractivity contribution in [2.75, 3.05) is 31.1 Å². The van der Waals surface area contributed by atoms with Crippen molar-refractivity contribution in [1.29, 1.82) is 5.26 Å². The van der Waals surface area contributed by atoms with E-state index in [4.69, 9.17) is 28.2 Å². The van der Waals surface area contributed by atoms with E-state index in [9.17, 15) is 5.26 Å². The number of fused-ring (bicyclic) bond motifs is 1. The number of piperidine rings is 2. The van der Waals surface area contributed by atoms with E-state index in [1.165, 1.54) is 25.9 Å². The minimum atomic E-state index is -0.236. The third-order valence-corrected chi connectivity index (χ3v) is 8.18. The standard InChI is InChI=1S/C26H31Cl2N7/c1-16-5-4-9-33(14-16)23-8-10-34(15-17(23)2)24-13-30-25-22(12-29)32-35(26(25)31-24)18(3)20-7-6-19(27)11-21(20)28/h6-7,11,13,16-18,23H,4-5,8-10,14-15H2,1-3H3. The van der Waals surface area contributed by atoms with Gasteiger partial charge in [0.05, 0.1) is 12.2 Å². The molecular weight excluding hydrogens is 481 g/mol. The van der Waals surface area contributed by atoms with E-state index < -0.39 is 0 Å². The minimum Gasteiger partial charge on any atom is -0.355 e. The van der Waals surface area contributed by atoms with Gasteiger partial charge in [-0.1, -0.05) is 43.1 Å². The van der Waals surface area contributed by atoms with Crippen molar-refractivity contribution in [2.45, 2.75) is 52.1 Å². The molecule has 9 heteroatoms. The van der Waals surface area contributed by atoms with Gasteiger partial charge in [-0.05, 0) is 62.3 Å². The molecule has 4 unspecified atom stereocenters. The average Bonchev–Trinajstić information content (AvgIpc) is 3.21. The molecule has 5 rings (SSSR count). The number of halogens is 2. The summed E-state index contributed by atoms with van der Waals surface area (Å²) in [5.41, 5.74) is 2.24. The normalized spacial score (nSPS) is 24.5. The SMILES string of the molecule is CC1CCCN(C2CCN(c3cnc4c(C#N)nn(C(C)c5ccc(Cl)cc5Cl)c4n3)CC2C)C1. The molecule has 0 aliphatic carbocycles. The smallest absolute Gasteiger partial charge is 0.190 e. The molecule has 2 aliphatic rings.